The molecule has 0 radical (unpaired) electrons. The normalized spacial score (nSPS) is 21.8. The number of sulfone groups is 1. The van der Waals surface area contributed by atoms with Crippen LogP contribution in [0.1, 0.15) is 12.5 Å². The topological polar surface area (TPSA) is 76.3 Å². The Hall–Kier alpha value is -0.790. The predicted octanol–water partition coefficient (Wildman–Crippen LogP) is 0.895. The molecule has 2 rings (SSSR count). The molecule has 7 heteroatoms. The van der Waals surface area contributed by atoms with Crippen molar-refractivity contribution in [3.05, 3.63) is 23.9 Å². The quantitative estimate of drug-likeness (QED) is 0.889. The van der Waals surface area contributed by atoms with Crippen LogP contribution in [0.25, 0.3) is 0 Å². The molecule has 0 saturated carbocycles. The molecule has 112 valence electrons. The summed E-state index contributed by atoms with van der Waals surface area (Å²) in [5.41, 5.74) is 6.89. The maximum absolute atomic E-state index is 12.0. The molecule has 1 fully saturated rings. The second kappa shape index (κ2) is 6.32. The molecular formula is C13H21N3O2S2. The van der Waals surface area contributed by atoms with Crippen LogP contribution in [0.2, 0.25) is 0 Å². The molecule has 1 aromatic heterocycles. The first-order chi connectivity index (χ1) is 9.39. The Balaban J connectivity index is 2.37. The summed E-state index contributed by atoms with van der Waals surface area (Å²) in [6.45, 7) is 2.64. The summed E-state index contributed by atoms with van der Waals surface area (Å²) in [5.74, 6) is 2.27. The van der Waals surface area contributed by atoms with E-state index < -0.39 is 15.2 Å². The van der Waals surface area contributed by atoms with Crippen molar-refractivity contribution >= 4 is 27.4 Å². The van der Waals surface area contributed by atoms with Gasteiger partial charge in [-0.15, -0.1) is 0 Å². The van der Waals surface area contributed by atoms with Gasteiger partial charge in [-0.1, -0.05) is 6.07 Å². The summed E-state index contributed by atoms with van der Waals surface area (Å²) in [6.07, 6.45) is 3.70. The molecule has 0 spiro atoms. The largest absolute Gasteiger partial charge is 0.338 e. The van der Waals surface area contributed by atoms with E-state index in [1.54, 1.807) is 18.0 Å². The van der Waals surface area contributed by atoms with Crippen LogP contribution in [-0.2, 0) is 16.3 Å². The minimum atomic E-state index is -3.13. The second-order valence-corrected chi connectivity index (χ2v) is 8.57. The van der Waals surface area contributed by atoms with Gasteiger partial charge in [0.05, 0.1) is 0 Å². The number of thioether (sulfide) groups is 1. The lowest BCUT2D eigenvalue weighted by Crippen LogP contribution is -2.47. The molecule has 2 N–H and O–H groups in total. The van der Waals surface area contributed by atoms with Gasteiger partial charge in [0.15, 0.2) is 9.84 Å². The summed E-state index contributed by atoms with van der Waals surface area (Å²) < 4.78 is 24.0. The number of nitrogens with two attached hydrogens (primary N) is 1. The summed E-state index contributed by atoms with van der Waals surface area (Å²) in [7, 11) is -3.13. The van der Waals surface area contributed by atoms with Crippen LogP contribution in [0.15, 0.2) is 18.3 Å². The molecule has 1 aromatic rings. The van der Waals surface area contributed by atoms with Crippen LogP contribution < -0.4 is 10.6 Å². The van der Waals surface area contributed by atoms with Crippen molar-refractivity contribution in [1.29, 1.82) is 0 Å². The van der Waals surface area contributed by atoms with E-state index >= 15 is 0 Å². The Kier molecular flexibility index (Phi) is 4.93. The third-order valence-electron chi connectivity index (χ3n) is 3.26. The van der Waals surface area contributed by atoms with E-state index in [9.17, 15) is 8.42 Å². The zero-order chi connectivity index (χ0) is 14.8. The predicted molar refractivity (Wildman–Crippen MR) is 84.9 cm³/mol. The maximum Gasteiger partial charge on any atom is 0.169 e. The Labute approximate surface area is 124 Å². The lowest BCUT2D eigenvalue weighted by Gasteiger charge is -2.36. The van der Waals surface area contributed by atoms with Crippen LogP contribution in [0, 0.1) is 0 Å². The lowest BCUT2D eigenvalue weighted by molar-refractivity contribution is 0.583. The zero-order valence-corrected chi connectivity index (χ0v) is 13.5. The average molecular weight is 315 g/mol. The number of rotatable bonds is 4. The fraction of sp³-hybridized carbons (Fsp3) is 0.615. The smallest absolute Gasteiger partial charge is 0.169 e. The Morgan fingerprint density at radius 2 is 2.35 bits per heavy atom. The van der Waals surface area contributed by atoms with E-state index in [-0.39, 0.29) is 6.04 Å². The van der Waals surface area contributed by atoms with Crippen molar-refractivity contribution in [2.45, 2.75) is 24.8 Å². The van der Waals surface area contributed by atoms with Crippen LogP contribution >= 0.6 is 11.8 Å². The third-order valence-corrected chi connectivity index (χ3v) is 5.90. The SMILES string of the molecule is CC(N)Cc1cccnc1N1CCSCC1S(C)(=O)=O. The highest BCUT2D eigenvalue weighted by Crippen LogP contribution is 2.28. The summed E-state index contributed by atoms with van der Waals surface area (Å²) in [5, 5.41) is -0.497. The van der Waals surface area contributed by atoms with E-state index in [0.29, 0.717) is 18.7 Å². The van der Waals surface area contributed by atoms with Gasteiger partial charge in [-0.2, -0.15) is 11.8 Å². The standard InChI is InChI=1S/C13H21N3O2S2/c1-10(14)8-11-4-3-5-15-13(11)16-6-7-19-9-12(16)20(2,17)18/h3-5,10,12H,6-9,14H2,1-2H3. The van der Waals surface area contributed by atoms with Crippen molar-refractivity contribution in [1.82, 2.24) is 4.98 Å². The van der Waals surface area contributed by atoms with E-state index in [1.807, 2.05) is 24.0 Å². The first-order valence-corrected chi connectivity index (χ1v) is 9.73. The highest BCUT2D eigenvalue weighted by atomic mass is 32.2. The third kappa shape index (κ3) is 3.65. The van der Waals surface area contributed by atoms with Gasteiger partial charge in [0.2, 0.25) is 0 Å². The van der Waals surface area contributed by atoms with Crippen molar-refractivity contribution in [2.75, 3.05) is 29.2 Å². The van der Waals surface area contributed by atoms with Crippen LogP contribution in [0.5, 0.6) is 0 Å². The monoisotopic (exact) mass is 315 g/mol. The van der Waals surface area contributed by atoms with E-state index in [4.69, 9.17) is 5.73 Å². The number of nitrogens with zero attached hydrogens (tertiary/aromatic N) is 2. The number of aromatic nitrogens is 1. The molecule has 0 amide bonds. The van der Waals surface area contributed by atoms with Gasteiger partial charge in [0.1, 0.15) is 11.2 Å². The highest BCUT2D eigenvalue weighted by molar-refractivity contribution is 8.01. The average Bonchev–Trinajstić information content (AvgIpc) is 2.38. The molecule has 5 nitrogen and oxygen atoms in total. The zero-order valence-electron chi connectivity index (χ0n) is 11.8. The lowest BCUT2D eigenvalue weighted by atomic mass is 10.1. The minimum Gasteiger partial charge on any atom is -0.338 e. The van der Waals surface area contributed by atoms with Gasteiger partial charge in [0, 0.05) is 36.5 Å². The van der Waals surface area contributed by atoms with Gasteiger partial charge >= 0.3 is 0 Å². The second-order valence-electron chi connectivity index (χ2n) is 5.22. The molecule has 20 heavy (non-hydrogen) atoms. The maximum atomic E-state index is 12.0. The summed E-state index contributed by atoms with van der Waals surface area (Å²) >= 11 is 1.67. The molecule has 1 aliphatic rings. The minimum absolute atomic E-state index is 0.0220. The van der Waals surface area contributed by atoms with Crippen LogP contribution in [-0.4, -0.2) is 49.1 Å². The molecular weight excluding hydrogens is 294 g/mol. The van der Waals surface area contributed by atoms with Crippen molar-refractivity contribution in [3.63, 3.8) is 0 Å². The van der Waals surface area contributed by atoms with Gasteiger partial charge in [-0.3, -0.25) is 0 Å². The molecule has 1 saturated heterocycles. The molecule has 2 unspecified atom stereocenters. The van der Waals surface area contributed by atoms with E-state index in [1.165, 1.54) is 6.26 Å². The molecule has 0 bridgehead atoms. The Bertz CT molecular complexity index is 560. The van der Waals surface area contributed by atoms with Gasteiger partial charge in [-0.05, 0) is 25.0 Å². The fourth-order valence-electron chi connectivity index (χ4n) is 2.37. The summed E-state index contributed by atoms with van der Waals surface area (Å²) in [4.78, 5) is 6.34. The van der Waals surface area contributed by atoms with E-state index in [0.717, 1.165) is 17.1 Å². The Morgan fingerprint density at radius 3 is 3.00 bits per heavy atom. The molecule has 0 aliphatic carbocycles. The Morgan fingerprint density at radius 1 is 1.60 bits per heavy atom. The number of hydrogen-bond donors (Lipinski definition) is 1. The van der Waals surface area contributed by atoms with Crippen molar-refractivity contribution in [3.8, 4) is 0 Å². The molecule has 2 heterocycles. The first kappa shape index (κ1) is 15.6. The fourth-order valence-corrected chi connectivity index (χ4v) is 5.19. The van der Waals surface area contributed by atoms with Gasteiger partial charge < -0.3 is 10.6 Å². The summed E-state index contributed by atoms with van der Waals surface area (Å²) in [6, 6.07) is 3.87. The number of pyridine rings is 1. The van der Waals surface area contributed by atoms with Crippen LogP contribution in [0.4, 0.5) is 5.82 Å². The highest BCUT2D eigenvalue weighted by Gasteiger charge is 2.32. The van der Waals surface area contributed by atoms with Crippen molar-refractivity contribution in [2.24, 2.45) is 5.73 Å². The van der Waals surface area contributed by atoms with Gasteiger partial charge in [0.25, 0.3) is 0 Å². The number of hydrogen-bond acceptors (Lipinski definition) is 6. The van der Waals surface area contributed by atoms with Crippen molar-refractivity contribution < 1.29 is 8.42 Å². The molecule has 2 atom stereocenters. The van der Waals surface area contributed by atoms with E-state index in [2.05, 4.69) is 4.98 Å². The molecule has 0 aromatic carbocycles. The number of anilines is 1. The van der Waals surface area contributed by atoms with Crippen LogP contribution in [0.3, 0.4) is 0 Å². The molecule has 1 aliphatic heterocycles. The first-order valence-electron chi connectivity index (χ1n) is 6.62. The van der Waals surface area contributed by atoms with Gasteiger partial charge in [-0.25, -0.2) is 13.4 Å².